The summed E-state index contributed by atoms with van der Waals surface area (Å²) in [7, 11) is 0.848. The van der Waals surface area contributed by atoms with E-state index in [0.29, 0.717) is 40.7 Å². The molecule has 0 saturated heterocycles. The molecule has 3 rings (SSSR count). The van der Waals surface area contributed by atoms with Crippen LogP contribution in [0.15, 0.2) is 36.5 Å². The molecule has 0 aliphatic heterocycles. The Morgan fingerprint density at radius 3 is 2.32 bits per heavy atom. The zero-order chi connectivity index (χ0) is 27.9. The number of aryl methyl sites for hydroxylation is 1. The monoisotopic (exact) mass is 564 g/mol. The van der Waals surface area contributed by atoms with E-state index in [1.54, 1.807) is 24.3 Å². The van der Waals surface area contributed by atoms with Gasteiger partial charge in [-0.15, -0.1) is 0 Å². The van der Waals surface area contributed by atoms with E-state index in [4.69, 9.17) is 25.8 Å². The van der Waals surface area contributed by atoms with Crippen molar-refractivity contribution < 1.29 is 27.4 Å². The number of nitrogens with one attached hydrogen (secondary N) is 3. The van der Waals surface area contributed by atoms with Crippen molar-refractivity contribution in [2.45, 2.75) is 6.92 Å². The summed E-state index contributed by atoms with van der Waals surface area (Å²) in [5.74, 6) is 1.76. The Morgan fingerprint density at radius 1 is 1.05 bits per heavy atom. The van der Waals surface area contributed by atoms with Crippen LogP contribution in [0.3, 0.4) is 0 Å². The fourth-order valence-corrected chi connectivity index (χ4v) is 4.64. The van der Waals surface area contributed by atoms with E-state index in [9.17, 15) is 13.2 Å². The zero-order valence-corrected chi connectivity index (χ0v) is 23.1. The van der Waals surface area contributed by atoms with Crippen LogP contribution >= 0.6 is 11.6 Å². The second-order valence-electron chi connectivity index (χ2n) is 7.98. The first-order valence-electron chi connectivity index (χ1n) is 11.2. The summed E-state index contributed by atoms with van der Waals surface area (Å²) in [6, 6.07) is 8.65. The molecule has 0 fully saturated rings. The Kier molecular flexibility index (Phi) is 9.42. The molecule has 38 heavy (non-hydrogen) atoms. The number of amides is 1. The molecule has 3 N–H and O–H groups in total. The Morgan fingerprint density at radius 2 is 1.74 bits per heavy atom. The predicted molar refractivity (Wildman–Crippen MR) is 147 cm³/mol. The van der Waals surface area contributed by atoms with E-state index < -0.39 is 10.0 Å². The topological polar surface area (TPSA) is 144 Å². The van der Waals surface area contributed by atoms with Gasteiger partial charge in [-0.1, -0.05) is 17.7 Å². The quantitative estimate of drug-likeness (QED) is 0.208. The van der Waals surface area contributed by atoms with Crippen LogP contribution in [0.25, 0.3) is 0 Å². The normalized spacial score (nSPS) is 10.9. The summed E-state index contributed by atoms with van der Waals surface area (Å²) in [5.41, 5.74) is 2.20. The average Bonchev–Trinajstić information content (AvgIpc) is 2.88. The largest absolute Gasteiger partial charge is 0.493 e. The number of nitrogens with zero attached hydrogens (tertiary/aromatic N) is 3. The maximum absolute atomic E-state index is 12.6. The van der Waals surface area contributed by atoms with Gasteiger partial charge in [0.25, 0.3) is 0 Å². The fourth-order valence-electron chi connectivity index (χ4n) is 3.57. The summed E-state index contributed by atoms with van der Waals surface area (Å²) in [5, 5.41) is 8.88. The van der Waals surface area contributed by atoms with Gasteiger partial charge in [-0.05, 0) is 24.6 Å². The molecule has 14 heteroatoms. The molecule has 1 heterocycles. The van der Waals surface area contributed by atoms with E-state index in [2.05, 4.69) is 25.9 Å². The number of sulfonamides is 1. The second kappa shape index (κ2) is 12.5. The molecule has 0 saturated carbocycles. The molecule has 0 aliphatic rings. The number of anilines is 5. The molecule has 0 radical (unpaired) electrons. The van der Waals surface area contributed by atoms with Crippen LogP contribution in [0.2, 0.25) is 5.02 Å². The van der Waals surface area contributed by atoms with Crippen LogP contribution in [-0.2, 0) is 14.8 Å². The maximum Gasteiger partial charge on any atom is 0.232 e. The SMILES string of the molecule is COc1cc(Nc2ncc(Cl)c(Nc3ccc(C)cc3N(CCNC=O)S(C)(=O)=O)n2)cc(OC)c1OC. The third-order valence-electron chi connectivity index (χ3n) is 5.28. The Bertz CT molecular complexity index is 1380. The molecule has 1 aromatic heterocycles. The smallest absolute Gasteiger partial charge is 0.232 e. The molecule has 0 spiro atoms. The summed E-state index contributed by atoms with van der Waals surface area (Å²) in [6.45, 7) is 2.00. The Balaban J connectivity index is 1.97. The van der Waals surface area contributed by atoms with Gasteiger partial charge in [-0.25, -0.2) is 13.4 Å². The minimum absolute atomic E-state index is 0.0289. The van der Waals surface area contributed by atoms with Gasteiger partial charge >= 0.3 is 0 Å². The lowest BCUT2D eigenvalue weighted by Crippen LogP contribution is -2.36. The van der Waals surface area contributed by atoms with Gasteiger partial charge in [0.15, 0.2) is 17.3 Å². The number of carbonyl (C=O) groups is 1. The molecule has 0 bridgehead atoms. The molecular formula is C24H29ClN6O6S. The van der Waals surface area contributed by atoms with Crippen molar-refractivity contribution in [3.8, 4) is 17.2 Å². The highest BCUT2D eigenvalue weighted by Crippen LogP contribution is 2.40. The number of hydrogen-bond donors (Lipinski definition) is 3. The summed E-state index contributed by atoms with van der Waals surface area (Å²) in [6.07, 6.45) is 3.02. The number of hydrogen-bond acceptors (Lipinski definition) is 10. The average molecular weight is 565 g/mol. The number of carbonyl (C=O) groups excluding carboxylic acids is 1. The van der Waals surface area contributed by atoms with Crippen LogP contribution in [0.4, 0.5) is 28.8 Å². The zero-order valence-electron chi connectivity index (χ0n) is 21.5. The van der Waals surface area contributed by atoms with E-state index in [0.717, 1.165) is 11.8 Å². The number of methoxy groups -OCH3 is 3. The first-order valence-corrected chi connectivity index (χ1v) is 13.5. The maximum atomic E-state index is 12.6. The minimum atomic E-state index is -3.68. The van der Waals surface area contributed by atoms with Crippen molar-refractivity contribution in [1.82, 2.24) is 15.3 Å². The van der Waals surface area contributed by atoms with E-state index in [1.165, 1.54) is 31.8 Å². The van der Waals surface area contributed by atoms with Crippen molar-refractivity contribution >= 4 is 56.9 Å². The first-order chi connectivity index (χ1) is 18.1. The van der Waals surface area contributed by atoms with Crippen molar-refractivity contribution in [1.29, 1.82) is 0 Å². The van der Waals surface area contributed by atoms with Crippen molar-refractivity contribution in [3.05, 3.63) is 47.1 Å². The molecule has 0 aliphatic carbocycles. The van der Waals surface area contributed by atoms with Crippen molar-refractivity contribution in [2.24, 2.45) is 0 Å². The molecule has 2 aromatic carbocycles. The lowest BCUT2D eigenvalue weighted by Gasteiger charge is -2.25. The van der Waals surface area contributed by atoms with Gasteiger partial charge in [-0.3, -0.25) is 9.10 Å². The third-order valence-corrected chi connectivity index (χ3v) is 6.74. The first kappa shape index (κ1) is 28.6. The van der Waals surface area contributed by atoms with Gasteiger partial charge in [0.05, 0.1) is 51.7 Å². The number of rotatable bonds is 13. The summed E-state index contributed by atoms with van der Waals surface area (Å²) < 4.78 is 42.5. The van der Waals surface area contributed by atoms with E-state index in [-0.39, 0.29) is 29.9 Å². The molecule has 0 unspecified atom stereocenters. The summed E-state index contributed by atoms with van der Waals surface area (Å²) in [4.78, 5) is 19.4. The highest BCUT2D eigenvalue weighted by molar-refractivity contribution is 7.92. The van der Waals surface area contributed by atoms with Crippen LogP contribution in [0, 0.1) is 6.92 Å². The highest BCUT2D eigenvalue weighted by Gasteiger charge is 2.22. The van der Waals surface area contributed by atoms with Crippen LogP contribution in [0.5, 0.6) is 17.2 Å². The van der Waals surface area contributed by atoms with Gasteiger partial charge < -0.3 is 30.2 Å². The Hall–Kier alpha value is -3.97. The fraction of sp³-hybridized carbons (Fsp3) is 0.292. The van der Waals surface area contributed by atoms with Gasteiger partial charge in [0, 0.05) is 24.4 Å². The highest BCUT2D eigenvalue weighted by atomic mass is 35.5. The molecular weight excluding hydrogens is 536 g/mol. The minimum Gasteiger partial charge on any atom is -0.493 e. The number of ether oxygens (including phenoxy) is 3. The molecule has 204 valence electrons. The third kappa shape index (κ3) is 6.86. The lowest BCUT2D eigenvalue weighted by molar-refractivity contribution is -0.109. The van der Waals surface area contributed by atoms with Crippen molar-refractivity contribution in [3.63, 3.8) is 0 Å². The molecule has 3 aromatic rings. The molecule has 12 nitrogen and oxygen atoms in total. The van der Waals surface area contributed by atoms with Gasteiger partial charge in [-0.2, -0.15) is 4.98 Å². The van der Waals surface area contributed by atoms with Gasteiger partial charge in [0.2, 0.25) is 28.1 Å². The predicted octanol–water partition coefficient (Wildman–Crippen LogP) is 3.46. The van der Waals surface area contributed by atoms with Crippen LogP contribution in [0.1, 0.15) is 5.56 Å². The van der Waals surface area contributed by atoms with E-state index in [1.807, 2.05) is 13.0 Å². The molecule has 0 atom stereocenters. The second-order valence-corrected chi connectivity index (χ2v) is 10.3. The standard InChI is InChI=1S/C24H29ClN6O6S/c1-15-6-7-18(19(10-15)31(38(5,33)34)9-8-26-14-32)29-23-17(25)13-27-24(30-23)28-16-11-20(35-2)22(37-4)21(12-16)36-3/h6-7,10-14H,8-9H2,1-5H3,(H,26,32)(H2,27,28,29,30). The molecule has 1 amide bonds. The number of halogens is 1. The van der Waals surface area contributed by atoms with Gasteiger partial charge in [0.1, 0.15) is 5.02 Å². The Labute approximate surface area is 226 Å². The van der Waals surface area contributed by atoms with Crippen molar-refractivity contribution in [2.75, 3.05) is 55.6 Å². The van der Waals surface area contributed by atoms with E-state index >= 15 is 0 Å². The lowest BCUT2D eigenvalue weighted by atomic mass is 10.2. The van der Waals surface area contributed by atoms with Crippen LogP contribution < -0.4 is 34.5 Å². The number of aromatic nitrogens is 2. The summed E-state index contributed by atoms with van der Waals surface area (Å²) >= 11 is 6.39. The number of benzene rings is 2. The van der Waals surface area contributed by atoms with Crippen LogP contribution in [-0.4, -0.2) is 65.5 Å².